The Bertz CT molecular complexity index is 669. The molecule has 4 heteroatoms. The first-order chi connectivity index (χ1) is 10.6. The van der Waals surface area contributed by atoms with Crippen LogP contribution in [0, 0.1) is 0 Å². The number of nitrogens with zero attached hydrogens (tertiary/aromatic N) is 1. The Morgan fingerprint density at radius 2 is 1.95 bits per heavy atom. The van der Waals surface area contributed by atoms with Gasteiger partial charge >= 0.3 is 0 Å². The fraction of sp³-hybridized carbons (Fsp3) is 0.278. The minimum absolute atomic E-state index is 0.00537. The zero-order valence-electron chi connectivity index (χ0n) is 12.6. The smallest absolute Gasteiger partial charge is 0.238 e. The van der Waals surface area contributed by atoms with Crippen LogP contribution in [0.4, 0.5) is 5.69 Å². The Morgan fingerprint density at radius 1 is 1.23 bits per heavy atom. The lowest BCUT2D eigenvalue weighted by molar-refractivity contribution is -0.117. The highest BCUT2D eigenvalue weighted by molar-refractivity contribution is 6.30. The van der Waals surface area contributed by atoms with E-state index in [2.05, 4.69) is 34.5 Å². The molecule has 114 valence electrons. The third-order valence-electron chi connectivity index (χ3n) is 4.15. The van der Waals surface area contributed by atoms with Crippen molar-refractivity contribution in [1.29, 1.82) is 0 Å². The molecule has 0 saturated carbocycles. The lowest BCUT2D eigenvalue weighted by Crippen LogP contribution is -2.32. The van der Waals surface area contributed by atoms with Gasteiger partial charge in [0.25, 0.3) is 0 Å². The summed E-state index contributed by atoms with van der Waals surface area (Å²) in [6, 6.07) is 16.0. The maximum atomic E-state index is 12.2. The van der Waals surface area contributed by atoms with Crippen LogP contribution in [0.1, 0.15) is 23.6 Å². The van der Waals surface area contributed by atoms with Crippen molar-refractivity contribution in [2.75, 3.05) is 18.9 Å². The number of rotatable bonds is 4. The van der Waals surface area contributed by atoms with Crippen molar-refractivity contribution in [3.63, 3.8) is 0 Å². The first-order valence-corrected chi connectivity index (χ1v) is 7.85. The molecule has 0 radical (unpaired) electrons. The fourth-order valence-corrected chi connectivity index (χ4v) is 3.19. The number of hydrogen-bond acceptors (Lipinski definition) is 2. The van der Waals surface area contributed by atoms with Crippen molar-refractivity contribution in [2.24, 2.45) is 0 Å². The van der Waals surface area contributed by atoms with E-state index in [9.17, 15) is 4.79 Å². The minimum Gasteiger partial charge on any atom is -0.325 e. The van der Waals surface area contributed by atoms with E-state index in [1.54, 1.807) is 12.1 Å². The zero-order valence-corrected chi connectivity index (χ0v) is 13.3. The van der Waals surface area contributed by atoms with Crippen LogP contribution in [0.3, 0.4) is 0 Å². The second-order valence-corrected chi connectivity index (χ2v) is 6.16. The van der Waals surface area contributed by atoms with Gasteiger partial charge in [0.05, 0.1) is 6.54 Å². The number of fused-ring (bicyclic) bond motifs is 1. The van der Waals surface area contributed by atoms with Gasteiger partial charge in [0.15, 0.2) is 0 Å². The van der Waals surface area contributed by atoms with Crippen LogP contribution in [0.5, 0.6) is 0 Å². The van der Waals surface area contributed by atoms with Gasteiger partial charge in [0, 0.05) is 16.8 Å². The van der Waals surface area contributed by atoms with Gasteiger partial charge in [-0.25, -0.2) is 0 Å². The number of carbonyl (C=O) groups is 1. The van der Waals surface area contributed by atoms with Gasteiger partial charge in [-0.15, -0.1) is 0 Å². The molecule has 22 heavy (non-hydrogen) atoms. The van der Waals surface area contributed by atoms with Crippen molar-refractivity contribution >= 4 is 23.2 Å². The van der Waals surface area contributed by atoms with Crippen molar-refractivity contribution in [3.8, 4) is 0 Å². The predicted molar refractivity (Wildman–Crippen MR) is 90.2 cm³/mol. The number of nitrogens with one attached hydrogen (secondary N) is 1. The van der Waals surface area contributed by atoms with E-state index < -0.39 is 0 Å². The summed E-state index contributed by atoms with van der Waals surface area (Å²) in [6.45, 7) is 0.377. The Hall–Kier alpha value is -1.84. The van der Waals surface area contributed by atoms with Crippen molar-refractivity contribution in [1.82, 2.24) is 4.90 Å². The molecule has 0 saturated heterocycles. The van der Waals surface area contributed by atoms with Gasteiger partial charge < -0.3 is 5.32 Å². The Labute approximate surface area is 135 Å². The molecule has 0 unspecified atom stereocenters. The summed E-state index contributed by atoms with van der Waals surface area (Å²) in [7, 11) is 2.01. The highest BCUT2D eigenvalue weighted by Crippen LogP contribution is 2.34. The Morgan fingerprint density at radius 3 is 2.73 bits per heavy atom. The molecule has 1 N–H and O–H groups in total. The summed E-state index contributed by atoms with van der Waals surface area (Å²) in [6.07, 6.45) is 2.16. The van der Waals surface area contributed by atoms with Gasteiger partial charge in [0.2, 0.25) is 5.91 Å². The SMILES string of the molecule is CN(CC(=O)Nc1ccc(Cl)cc1)[C@H]1CCc2ccccc21. The first kappa shape index (κ1) is 15.1. The molecule has 2 aromatic rings. The lowest BCUT2D eigenvalue weighted by Gasteiger charge is -2.24. The molecule has 2 aromatic carbocycles. The van der Waals surface area contributed by atoms with Gasteiger partial charge in [0.1, 0.15) is 0 Å². The van der Waals surface area contributed by atoms with E-state index in [1.165, 1.54) is 11.1 Å². The van der Waals surface area contributed by atoms with E-state index in [0.717, 1.165) is 18.5 Å². The molecule has 1 amide bonds. The normalized spacial score (nSPS) is 16.6. The molecule has 1 aliphatic carbocycles. The molecule has 1 atom stereocenters. The average Bonchev–Trinajstić information content (AvgIpc) is 2.93. The van der Waals surface area contributed by atoms with Crippen LogP contribution in [0.25, 0.3) is 0 Å². The lowest BCUT2D eigenvalue weighted by atomic mass is 10.1. The molecule has 0 aromatic heterocycles. The molecule has 3 rings (SSSR count). The van der Waals surface area contributed by atoms with Crippen LogP contribution in [-0.4, -0.2) is 24.4 Å². The van der Waals surface area contributed by atoms with Crippen LogP contribution < -0.4 is 5.32 Å². The summed E-state index contributed by atoms with van der Waals surface area (Å²) in [5.74, 6) is -0.00537. The maximum absolute atomic E-state index is 12.2. The molecular weight excluding hydrogens is 296 g/mol. The van der Waals surface area contributed by atoms with Crippen molar-refractivity contribution in [2.45, 2.75) is 18.9 Å². The molecule has 0 aliphatic heterocycles. The molecule has 0 fully saturated rings. The third kappa shape index (κ3) is 3.32. The van der Waals surface area contributed by atoms with Gasteiger partial charge in [-0.1, -0.05) is 35.9 Å². The van der Waals surface area contributed by atoms with Gasteiger partial charge in [-0.05, 0) is 55.3 Å². The number of hydrogen-bond donors (Lipinski definition) is 1. The standard InChI is InChI=1S/C18H19ClN2O/c1-21(17-11-6-13-4-2-3-5-16(13)17)12-18(22)20-15-9-7-14(19)8-10-15/h2-5,7-10,17H,6,11-12H2,1H3,(H,20,22)/t17-/m0/s1. The number of amides is 1. The number of benzene rings is 2. The zero-order chi connectivity index (χ0) is 15.5. The Kier molecular flexibility index (Phi) is 4.46. The van der Waals surface area contributed by atoms with Crippen LogP contribution >= 0.6 is 11.6 Å². The molecule has 0 spiro atoms. The second-order valence-electron chi connectivity index (χ2n) is 5.72. The highest BCUT2D eigenvalue weighted by atomic mass is 35.5. The Balaban J connectivity index is 1.61. The van der Waals surface area contributed by atoms with Gasteiger partial charge in [-0.3, -0.25) is 9.69 Å². The van der Waals surface area contributed by atoms with Gasteiger partial charge in [-0.2, -0.15) is 0 Å². The van der Waals surface area contributed by atoms with E-state index in [4.69, 9.17) is 11.6 Å². The van der Waals surface area contributed by atoms with Crippen LogP contribution in [0.15, 0.2) is 48.5 Å². The number of aryl methyl sites for hydroxylation is 1. The predicted octanol–water partition coefficient (Wildman–Crippen LogP) is 3.90. The fourth-order valence-electron chi connectivity index (χ4n) is 3.06. The quantitative estimate of drug-likeness (QED) is 0.928. The van der Waals surface area contributed by atoms with E-state index in [0.29, 0.717) is 17.6 Å². The third-order valence-corrected chi connectivity index (χ3v) is 4.41. The first-order valence-electron chi connectivity index (χ1n) is 7.47. The largest absolute Gasteiger partial charge is 0.325 e. The molecule has 0 heterocycles. The second kappa shape index (κ2) is 6.51. The summed E-state index contributed by atoms with van der Waals surface area (Å²) in [4.78, 5) is 14.3. The van der Waals surface area contributed by atoms with Crippen LogP contribution in [0.2, 0.25) is 5.02 Å². The molecule has 3 nitrogen and oxygen atoms in total. The van der Waals surface area contributed by atoms with E-state index >= 15 is 0 Å². The molecule has 0 bridgehead atoms. The molecule has 1 aliphatic rings. The summed E-state index contributed by atoms with van der Waals surface area (Å²) in [5.41, 5.74) is 3.52. The van der Waals surface area contributed by atoms with Crippen LogP contribution in [-0.2, 0) is 11.2 Å². The molecular formula is C18H19ClN2O. The number of likely N-dealkylation sites (N-methyl/N-ethyl adjacent to an activating group) is 1. The summed E-state index contributed by atoms with van der Waals surface area (Å²) < 4.78 is 0. The minimum atomic E-state index is -0.00537. The maximum Gasteiger partial charge on any atom is 0.238 e. The monoisotopic (exact) mass is 314 g/mol. The summed E-state index contributed by atoms with van der Waals surface area (Å²) >= 11 is 5.85. The van der Waals surface area contributed by atoms with E-state index in [1.807, 2.05) is 19.2 Å². The van der Waals surface area contributed by atoms with Crippen molar-refractivity contribution in [3.05, 3.63) is 64.7 Å². The number of anilines is 1. The number of carbonyl (C=O) groups excluding carboxylic acids is 1. The topological polar surface area (TPSA) is 32.3 Å². The summed E-state index contributed by atoms with van der Waals surface area (Å²) in [5, 5.41) is 3.57. The average molecular weight is 315 g/mol. The number of halogens is 1. The van der Waals surface area contributed by atoms with Crippen molar-refractivity contribution < 1.29 is 4.79 Å². The highest BCUT2D eigenvalue weighted by Gasteiger charge is 2.26. The van der Waals surface area contributed by atoms with E-state index in [-0.39, 0.29) is 5.91 Å².